The van der Waals surface area contributed by atoms with Crippen molar-refractivity contribution in [1.82, 2.24) is 9.80 Å². The third kappa shape index (κ3) is 12.9. The predicted molar refractivity (Wildman–Crippen MR) is 96.5 cm³/mol. The molecule has 0 N–H and O–H groups in total. The molecule has 0 atom stereocenters. The molecule has 0 aromatic rings. The summed E-state index contributed by atoms with van der Waals surface area (Å²) in [4.78, 5) is 5.06. The minimum absolute atomic E-state index is 0.718. The molecule has 21 heavy (non-hydrogen) atoms. The lowest BCUT2D eigenvalue weighted by atomic mass is 10.1. The van der Waals surface area contributed by atoms with Crippen LogP contribution in [0.4, 0.5) is 0 Å². The van der Waals surface area contributed by atoms with E-state index in [9.17, 15) is 0 Å². The molecule has 0 amide bonds. The molecule has 0 aromatic heterocycles. The van der Waals surface area contributed by atoms with Crippen molar-refractivity contribution in [3.05, 3.63) is 12.3 Å². The van der Waals surface area contributed by atoms with Gasteiger partial charge in [0.2, 0.25) is 0 Å². The molecule has 2 heteroatoms. The Bertz CT molecular complexity index is 247. The first-order chi connectivity index (χ1) is 9.70. The second kappa shape index (κ2) is 11.1. The van der Waals surface area contributed by atoms with Gasteiger partial charge in [-0.1, -0.05) is 61.5 Å². The molecular weight excluding hydrogens is 256 g/mol. The Balaban J connectivity index is 4.47. The minimum atomic E-state index is 0.718. The van der Waals surface area contributed by atoms with E-state index in [2.05, 4.69) is 77.5 Å². The van der Waals surface area contributed by atoms with E-state index >= 15 is 0 Å². The van der Waals surface area contributed by atoms with E-state index in [-0.39, 0.29) is 0 Å². The molecular formula is C19H40N2. The maximum atomic E-state index is 2.58. The van der Waals surface area contributed by atoms with Gasteiger partial charge < -0.3 is 4.90 Å². The van der Waals surface area contributed by atoms with Gasteiger partial charge in [-0.25, -0.2) is 0 Å². The largest absolute Gasteiger partial charge is 0.377 e. The molecule has 0 aliphatic rings. The second-order valence-corrected chi connectivity index (χ2v) is 8.13. The summed E-state index contributed by atoms with van der Waals surface area (Å²) in [5.41, 5.74) is 0. The molecule has 0 aliphatic heterocycles. The van der Waals surface area contributed by atoms with Crippen LogP contribution in [0.25, 0.3) is 0 Å². The van der Waals surface area contributed by atoms with Crippen molar-refractivity contribution < 1.29 is 0 Å². The van der Waals surface area contributed by atoms with Crippen LogP contribution in [-0.4, -0.2) is 42.5 Å². The minimum Gasteiger partial charge on any atom is -0.377 e. The van der Waals surface area contributed by atoms with Crippen molar-refractivity contribution in [2.75, 3.05) is 32.7 Å². The summed E-state index contributed by atoms with van der Waals surface area (Å²) in [6, 6.07) is 0. The van der Waals surface area contributed by atoms with Gasteiger partial charge in [0.05, 0.1) is 0 Å². The normalized spacial score (nSPS) is 12.8. The monoisotopic (exact) mass is 296 g/mol. The van der Waals surface area contributed by atoms with Crippen LogP contribution in [0.1, 0.15) is 55.4 Å². The first-order valence-electron chi connectivity index (χ1n) is 8.83. The quantitative estimate of drug-likeness (QED) is 0.544. The molecule has 0 saturated carbocycles. The summed E-state index contributed by atoms with van der Waals surface area (Å²) in [5.74, 6) is 2.91. The van der Waals surface area contributed by atoms with Gasteiger partial charge in [-0.05, 0) is 29.9 Å². The number of hydrogen-bond donors (Lipinski definition) is 0. The molecule has 2 nitrogen and oxygen atoms in total. The summed E-state index contributed by atoms with van der Waals surface area (Å²) < 4.78 is 0. The lowest BCUT2D eigenvalue weighted by molar-refractivity contribution is 0.238. The molecule has 126 valence electrons. The molecule has 0 saturated heterocycles. The van der Waals surface area contributed by atoms with Gasteiger partial charge in [-0.3, -0.25) is 4.90 Å². The van der Waals surface area contributed by atoms with Gasteiger partial charge in [0.25, 0.3) is 0 Å². The highest BCUT2D eigenvalue weighted by Gasteiger charge is 2.09. The van der Waals surface area contributed by atoms with Gasteiger partial charge in [0.15, 0.2) is 0 Å². The SMILES string of the molecule is CC(C)CN(C=CCN(CC(C)C)CC(C)C)CC(C)C. The third-order valence-corrected chi connectivity index (χ3v) is 3.13. The van der Waals surface area contributed by atoms with Crippen LogP contribution < -0.4 is 0 Å². The van der Waals surface area contributed by atoms with Crippen molar-refractivity contribution in [2.45, 2.75) is 55.4 Å². The maximum Gasteiger partial charge on any atom is 0.0195 e. The van der Waals surface area contributed by atoms with E-state index in [1.54, 1.807) is 0 Å². The van der Waals surface area contributed by atoms with Crippen LogP contribution in [0.2, 0.25) is 0 Å². The third-order valence-electron chi connectivity index (χ3n) is 3.13. The molecule has 0 unspecified atom stereocenters. The van der Waals surface area contributed by atoms with Crippen LogP contribution in [0.15, 0.2) is 12.3 Å². The molecule has 0 aromatic carbocycles. The Hall–Kier alpha value is -0.500. The second-order valence-electron chi connectivity index (χ2n) is 8.13. The van der Waals surface area contributed by atoms with Crippen LogP contribution in [0.3, 0.4) is 0 Å². The fourth-order valence-corrected chi connectivity index (χ4v) is 2.74. The number of nitrogens with zero attached hydrogens (tertiary/aromatic N) is 2. The first-order valence-corrected chi connectivity index (χ1v) is 8.83. The molecule has 0 aliphatic carbocycles. The van der Waals surface area contributed by atoms with Crippen molar-refractivity contribution in [3.8, 4) is 0 Å². The Morgan fingerprint density at radius 3 is 1.33 bits per heavy atom. The molecule has 0 bridgehead atoms. The zero-order valence-electron chi connectivity index (χ0n) is 15.9. The first kappa shape index (κ1) is 20.5. The van der Waals surface area contributed by atoms with Gasteiger partial charge in [0.1, 0.15) is 0 Å². The van der Waals surface area contributed by atoms with E-state index in [1.807, 2.05) is 0 Å². The summed E-state index contributed by atoms with van der Waals surface area (Å²) in [5, 5.41) is 0. The van der Waals surface area contributed by atoms with Gasteiger partial charge in [-0.15, -0.1) is 0 Å². The molecule has 0 rings (SSSR count). The lowest BCUT2D eigenvalue weighted by Gasteiger charge is -2.27. The average molecular weight is 297 g/mol. The fraction of sp³-hybridized carbons (Fsp3) is 0.895. The zero-order chi connectivity index (χ0) is 16.4. The van der Waals surface area contributed by atoms with Gasteiger partial charge in [0, 0.05) is 32.7 Å². The summed E-state index contributed by atoms with van der Waals surface area (Å²) in [6.45, 7) is 24.2. The Morgan fingerprint density at radius 2 is 1.00 bits per heavy atom. The van der Waals surface area contributed by atoms with E-state index in [0.29, 0.717) is 0 Å². The smallest absolute Gasteiger partial charge is 0.0195 e. The van der Waals surface area contributed by atoms with Crippen LogP contribution in [-0.2, 0) is 0 Å². The fourth-order valence-electron chi connectivity index (χ4n) is 2.74. The average Bonchev–Trinajstić information content (AvgIpc) is 2.24. The van der Waals surface area contributed by atoms with Gasteiger partial charge >= 0.3 is 0 Å². The van der Waals surface area contributed by atoms with E-state index in [0.717, 1.165) is 43.3 Å². The highest BCUT2D eigenvalue weighted by atomic mass is 15.1. The topological polar surface area (TPSA) is 6.48 Å². The number of rotatable bonds is 11. The van der Waals surface area contributed by atoms with Crippen molar-refractivity contribution in [1.29, 1.82) is 0 Å². The number of hydrogen-bond acceptors (Lipinski definition) is 2. The predicted octanol–water partition coefficient (Wildman–Crippen LogP) is 4.73. The van der Waals surface area contributed by atoms with Gasteiger partial charge in [-0.2, -0.15) is 0 Å². The molecule has 0 heterocycles. The summed E-state index contributed by atoms with van der Waals surface area (Å²) in [7, 11) is 0. The van der Waals surface area contributed by atoms with Crippen molar-refractivity contribution in [2.24, 2.45) is 23.7 Å². The van der Waals surface area contributed by atoms with Crippen LogP contribution >= 0.6 is 0 Å². The van der Waals surface area contributed by atoms with E-state index in [1.165, 1.54) is 13.1 Å². The Morgan fingerprint density at radius 1 is 0.619 bits per heavy atom. The van der Waals surface area contributed by atoms with E-state index < -0.39 is 0 Å². The standard InChI is InChI=1S/C19H40N2/c1-16(2)12-20(13-17(3)4)10-9-11-21(14-18(5)6)15-19(7)8/h9-10,16-19H,11-15H2,1-8H3. The highest BCUT2D eigenvalue weighted by Crippen LogP contribution is 2.06. The van der Waals surface area contributed by atoms with Crippen LogP contribution in [0.5, 0.6) is 0 Å². The maximum absolute atomic E-state index is 2.58. The summed E-state index contributed by atoms with van der Waals surface area (Å²) in [6.07, 6.45) is 4.68. The lowest BCUT2D eigenvalue weighted by Crippen LogP contribution is -2.32. The Labute approximate surface area is 134 Å². The molecule has 0 radical (unpaired) electrons. The summed E-state index contributed by atoms with van der Waals surface area (Å²) >= 11 is 0. The zero-order valence-corrected chi connectivity index (χ0v) is 15.9. The van der Waals surface area contributed by atoms with E-state index in [4.69, 9.17) is 0 Å². The van der Waals surface area contributed by atoms with Crippen molar-refractivity contribution >= 4 is 0 Å². The highest BCUT2D eigenvalue weighted by molar-refractivity contribution is 4.87. The molecule has 0 spiro atoms. The Kier molecular flexibility index (Phi) is 10.9. The molecule has 0 fully saturated rings. The van der Waals surface area contributed by atoms with Crippen molar-refractivity contribution in [3.63, 3.8) is 0 Å². The van der Waals surface area contributed by atoms with Crippen LogP contribution in [0, 0.1) is 23.7 Å².